The van der Waals surface area contributed by atoms with Gasteiger partial charge in [0.25, 0.3) is 0 Å². The van der Waals surface area contributed by atoms with E-state index in [1.54, 1.807) is 0 Å². The number of benzene rings is 1. The van der Waals surface area contributed by atoms with E-state index >= 15 is 0 Å². The second-order valence-electron chi connectivity index (χ2n) is 4.30. The second-order valence-corrected chi connectivity index (χ2v) is 4.30. The van der Waals surface area contributed by atoms with Crippen molar-refractivity contribution in [1.82, 2.24) is 0 Å². The van der Waals surface area contributed by atoms with Crippen molar-refractivity contribution in [3.05, 3.63) is 18.2 Å². The molecule has 1 aromatic rings. The van der Waals surface area contributed by atoms with Gasteiger partial charge in [0.15, 0.2) is 17.5 Å². The molecule has 1 aliphatic rings. The minimum Gasteiger partial charge on any atom is -0.490 e. The Morgan fingerprint density at radius 1 is 1.33 bits per heavy atom. The van der Waals surface area contributed by atoms with Gasteiger partial charge < -0.3 is 25.3 Å². The first-order chi connectivity index (χ1) is 9.79. The van der Waals surface area contributed by atoms with Crippen molar-refractivity contribution in [2.24, 2.45) is 10.7 Å². The van der Waals surface area contributed by atoms with Crippen LogP contribution in [0.4, 0.5) is 5.69 Å². The van der Waals surface area contributed by atoms with E-state index in [0.29, 0.717) is 38.9 Å². The number of aliphatic imine (C=N–C) groups is 1. The molecule has 0 atom stereocenters. The predicted molar refractivity (Wildman–Crippen MR) is 94.1 cm³/mol. The maximum atomic E-state index is 5.81. The van der Waals surface area contributed by atoms with Gasteiger partial charge in [0, 0.05) is 24.8 Å². The van der Waals surface area contributed by atoms with Crippen molar-refractivity contribution < 1.29 is 14.2 Å². The Balaban J connectivity index is 0.00000220. The lowest BCUT2D eigenvalue weighted by Crippen LogP contribution is -2.23. The smallest absolute Gasteiger partial charge is 0.193 e. The van der Waals surface area contributed by atoms with Crippen molar-refractivity contribution in [2.45, 2.75) is 13.3 Å². The third kappa shape index (κ3) is 5.96. The van der Waals surface area contributed by atoms with Gasteiger partial charge >= 0.3 is 0 Å². The molecule has 0 fully saturated rings. The number of fused-ring (bicyclic) bond motifs is 1. The zero-order chi connectivity index (χ0) is 14.2. The summed E-state index contributed by atoms with van der Waals surface area (Å²) in [6, 6.07) is 5.63. The summed E-state index contributed by atoms with van der Waals surface area (Å²) >= 11 is 0. The fourth-order valence-corrected chi connectivity index (χ4v) is 1.80. The lowest BCUT2D eigenvalue weighted by atomic mass is 10.3. The van der Waals surface area contributed by atoms with E-state index in [2.05, 4.69) is 10.3 Å². The van der Waals surface area contributed by atoms with E-state index < -0.39 is 0 Å². The lowest BCUT2D eigenvalue weighted by Gasteiger charge is -2.10. The molecule has 7 heteroatoms. The molecule has 3 N–H and O–H groups in total. The highest BCUT2D eigenvalue weighted by atomic mass is 127. The first-order valence-corrected chi connectivity index (χ1v) is 6.84. The van der Waals surface area contributed by atoms with Crippen LogP contribution in [0.15, 0.2) is 23.2 Å². The molecule has 118 valence electrons. The molecular formula is C14H22IN3O3. The Hall–Kier alpha value is -1.22. The number of nitrogens with two attached hydrogens (primary N) is 1. The van der Waals surface area contributed by atoms with Crippen molar-refractivity contribution in [3.63, 3.8) is 0 Å². The molecular weight excluding hydrogens is 385 g/mol. The minimum absolute atomic E-state index is 0. The fourth-order valence-electron chi connectivity index (χ4n) is 1.80. The summed E-state index contributed by atoms with van der Waals surface area (Å²) in [5.74, 6) is 1.86. The SMILES string of the molecule is CCOCCN=C(N)Nc1ccc2c(c1)OCCCO2.I. The Morgan fingerprint density at radius 3 is 2.86 bits per heavy atom. The topological polar surface area (TPSA) is 78.1 Å². The van der Waals surface area contributed by atoms with Crippen molar-refractivity contribution in [2.75, 3.05) is 38.3 Å². The van der Waals surface area contributed by atoms with E-state index in [1.165, 1.54) is 0 Å². The number of hydrogen-bond acceptors (Lipinski definition) is 4. The monoisotopic (exact) mass is 407 g/mol. The number of hydrogen-bond donors (Lipinski definition) is 2. The van der Waals surface area contributed by atoms with Crippen LogP contribution in [0.1, 0.15) is 13.3 Å². The number of rotatable bonds is 5. The van der Waals surface area contributed by atoms with Gasteiger partial charge in [-0.25, -0.2) is 0 Å². The molecule has 0 bridgehead atoms. The molecule has 1 aliphatic heterocycles. The molecule has 0 aromatic heterocycles. The van der Waals surface area contributed by atoms with Gasteiger partial charge in [-0.15, -0.1) is 24.0 Å². The van der Waals surface area contributed by atoms with Gasteiger partial charge in [0.05, 0.1) is 26.4 Å². The Bertz CT molecular complexity index is 469. The number of halogens is 1. The van der Waals surface area contributed by atoms with E-state index in [-0.39, 0.29) is 24.0 Å². The van der Waals surface area contributed by atoms with Gasteiger partial charge in [0.1, 0.15) is 0 Å². The number of anilines is 1. The Kier molecular flexibility index (Phi) is 8.21. The Labute approximate surface area is 142 Å². The quantitative estimate of drug-likeness (QED) is 0.339. The summed E-state index contributed by atoms with van der Waals surface area (Å²) in [5.41, 5.74) is 6.63. The van der Waals surface area contributed by atoms with Crippen molar-refractivity contribution in [3.8, 4) is 11.5 Å². The molecule has 0 saturated carbocycles. The van der Waals surface area contributed by atoms with Crippen LogP contribution < -0.4 is 20.5 Å². The van der Waals surface area contributed by atoms with Gasteiger partial charge in [-0.05, 0) is 19.1 Å². The van der Waals surface area contributed by atoms with Gasteiger partial charge in [-0.3, -0.25) is 4.99 Å². The molecule has 0 spiro atoms. The second kappa shape index (κ2) is 9.67. The van der Waals surface area contributed by atoms with Crippen LogP contribution >= 0.6 is 24.0 Å². The standard InChI is InChI=1S/C14H21N3O3.HI/c1-2-18-9-6-16-14(15)17-11-4-5-12-13(10-11)20-8-3-7-19-12;/h4-5,10H,2-3,6-9H2,1H3,(H3,15,16,17);1H. The number of ether oxygens (including phenoxy) is 3. The molecule has 1 aromatic carbocycles. The first-order valence-electron chi connectivity index (χ1n) is 6.84. The predicted octanol–water partition coefficient (Wildman–Crippen LogP) is 2.23. The highest BCUT2D eigenvalue weighted by Crippen LogP contribution is 2.32. The number of nitrogens with zero attached hydrogens (tertiary/aromatic N) is 1. The molecule has 0 radical (unpaired) electrons. The van der Waals surface area contributed by atoms with Gasteiger partial charge in [0.2, 0.25) is 0 Å². The van der Waals surface area contributed by atoms with E-state index in [4.69, 9.17) is 19.9 Å². The van der Waals surface area contributed by atoms with E-state index in [0.717, 1.165) is 23.6 Å². The zero-order valence-electron chi connectivity index (χ0n) is 12.1. The van der Waals surface area contributed by atoms with Crippen LogP contribution in [-0.2, 0) is 4.74 Å². The van der Waals surface area contributed by atoms with Crippen LogP contribution in [0.25, 0.3) is 0 Å². The first kappa shape index (κ1) is 17.8. The molecule has 0 amide bonds. The fraction of sp³-hybridized carbons (Fsp3) is 0.500. The highest BCUT2D eigenvalue weighted by Gasteiger charge is 2.10. The summed E-state index contributed by atoms with van der Waals surface area (Å²) in [6.45, 7) is 5.08. The largest absolute Gasteiger partial charge is 0.490 e. The summed E-state index contributed by atoms with van der Waals surface area (Å²) in [6.07, 6.45) is 0.887. The van der Waals surface area contributed by atoms with Crippen molar-refractivity contribution >= 4 is 35.6 Å². The summed E-state index contributed by atoms with van der Waals surface area (Å²) < 4.78 is 16.4. The molecule has 0 unspecified atom stereocenters. The molecule has 6 nitrogen and oxygen atoms in total. The van der Waals surface area contributed by atoms with Crippen LogP contribution in [-0.4, -0.2) is 38.9 Å². The van der Waals surface area contributed by atoms with Crippen LogP contribution in [0.3, 0.4) is 0 Å². The van der Waals surface area contributed by atoms with Crippen molar-refractivity contribution in [1.29, 1.82) is 0 Å². The molecule has 0 saturated heterocycles. The van der Waals surface area contributed by atoms with Crippen LogP contribution in [0.5, 0.6) is 11.5 Å². The molecule has 2 rings (SSSR count). The highest BCUT2D eigenvalue weighted by molar-refractivity contribution is 14.0. The van der Waals surface area contributed by atoms with E-state index in [1.807, 2.05) is 25.1 Å². The maximum Gasteiger partial charge on any atom is 0.193 e. The minimum atomic E-state index is 0. The summed E-state index contributed by atoms with van der Waals surface area (Å²) in [4.78, 5) is 4.17. The van der Waals surface area contributed by atoms with Crippen LogP contribution in [0.2, 0.25) is 0 Å². The average molecular weight is 407 g/mol. The van der Waals surface area contributed by atoms with E-state index in [9.17, 15) is 0 Å². The molecule has 21 heavy (non-hydrogen) atoms. The number of nitrogens with one attached hydrogen (secondary N) is 1. The molecule has 1 heterocycles. The third-order valence-corrected chi connectivity index (χ3v) is 2.74. The number of guanidine groups is 1. The Morgan fingerprint density at radius 2 is 2.10 bits per heavy atom. The summed E-state index contributed by atoms with van der Waals surface area (Å²) in [5, 5.41) is 3.03. The lowest BCUT2D eigenvalue weighted by molar-refractivity contribution is 0.156. The third-order valence-electron chi connectivity index (χ3n) is 2.74. The van der Waals surface area contributed by atoms with Gasteiger partial charge in [-0.1, -0.05) is 0 Å². The normalized spacial score (nSPS) is 14.0. The molecule has 0 aliphatic carbocycles. The van der Waals surface area contributed by atoms with Crippen LogP contribution in [0, 0.1) is 0 Å². The average Bonchev–Trinajstić information content (AvgIpc) is 2.68. The van der Waals surface area contributed by atoms with Gasteiger partial charge in [-0.2, -0.15) is 0 Å². The summed E-state index contributed by atoms with van der Waals surface area (Å²) in [7, 11) is 0. The zero-order valence-corrected chi connectivity index (χ0v) is 14.5. The maximum absolute atomic E-state index is 5.81.